The number of nitrogens with one attached hydrogen (secondary N) is 1. The van der Waals surface area contributed by atoms with Gasteiger partial charge in [-0.1, -0.05) is 6.07 Å². The number of amides is 1. The van der Waals surface area contributed by atoms with Crippen molar-refractivity contribution in [3.8, 4) is 22.4 Å². The summed E-state index contributed by atoms with van der Waals surface area (Å²) in [6, 6.07) is 9.80. The van der Waals surface area contributed by atoms with Crippen molar-refractivity contribution >= 4 is 11.6 Å². The minimum Gasteiger partial charge on any atom is -0.354 e. The van der Waals surface area contributed by atoms with Crippen LogP contribution in [0.15, 0.2) is 48.8 Å². The summed E-state index contributed by atoms with van der Waals surface area (Å²) in [5, 5.41) is 21.7. The quantitative estimate of drug-likeness (QED) is 0.573. The number of carbonyl (C=O) groups excluding carboxylic acids is 1. The van der Waals surface area contributed by atoms with Crippen molar-refractivity contribution in [3.63, 3.8) is 0 Å². The molecule has 8 nitrogen and oxygen atoms in total. The van der Waals surface area contributed by atoms with E-state index in [1.165, 1.54) is 19.2 Å². The van der Waals surface area contributed by atoms with Crippen molar-refractivity contribution in [1.82, 2.24) is 20.5 Å². The largest absolute Gasteiger partial charge is 0.354 e. The van der Waals surface area contributed by atoms with E-state index >= 15 is 0 Å². The van der Waals surface area contributed by atoms with Crippen molar-refractivity contribution in [3.05, 3.63) is 70.2 Å². The summed E-state index contributed by atoms with van der Waals surface area (Å²) in [5.74, 6) is -0.288. The van der Waals surface area contributed by atoms with Crippen LogP contribution in [0.3, 0.4) is 0 Å². The Hall–Kier alpha value is -3.68. The molecule has 26 heavy (non-hydrogen) atoms. The number of non-ortho nitro benzene ring substituents is 1. The van der Waals surface area contributed by atoms with Crippen LogP contribution in [0.5, 0.6) is 0 Å². The molecule has 3 aromatic rings. The molecule has 1 N–H and O–H groups in total. The minimum atomic E-state index is -0.446. The third-order valence-electron chi connectivity index (χ3n) is 3.92. The van der Waals surface area contributed by atoms with E-state index in [0.29, 0.717) is 11.3 Å². The highest BCUT2D eigenvalue weighted by molar-refractivity contribution is 5.93. The number of benzene rings is 1. The number of hydrogen-bond donors (Lipinski definition) is 1. The van der Waals surface area contributed by atoms with Crippen LogP contribution in [0.4, 0.5) is 5.69 Å². The molecule has 0 atom stereocenters. The van der Waals surface area contributed by atoms with E-state index in [9.17, 15) is 14.9 Å². The maximum atomic E-state index is 11.8. The van der Waals surface area contributed by atoms with Gasteiger partial charge in [0.2, 0.25) is 0 Å². The fourth-order valence-electron chi connectivity index (χ4n) is 2.52. The highest BCUT2D eigenvalue weighted by Gasteiger charge is 2.13. The smallest absolute Gasteiger partial charge is 0.270 e. The summed E-state index contributed by atoms with van der Waals surface area (Å²) in [6.45, 7) is 1.85. The minimum absolute atomic E-state index is 0.0105. The zero-order valence-corrected chi connectivity index (χ0v) is 14.1. The number of nitrogens with zero attached hydrogens (tertiary/aromatic N) is 4. The first-order valence-corrected chi connectivity index (χ1v) is 7.76. The van der Waals surface area contributed by atoms with Crippen LogP contribution < -0.4 is 5.32 Å². The Morgan fingerprint density at radius 1 is 1.15 bits per heavy atom. The molecule has 8 heteroatoms. The lowest BCUT2D eigenvalue weighted by atomic mass is 10.0. The number of aryl methyl sites for hydroxylation is 1. The zero-order chi connectivity index (χ0) is 18.7. The molecule has 2 aromatic heterocycles. The molecule has 0 saturated heterocycles. The first-order valence-electron chi connectivity index (χ1n) is 7.76. The lowest BCUT2D eigenvalue weighted by molar-refractivity contribution is -0.384. The van der Waals surface area contributed by atoms with Crippen LogP contribution in [0, 0.1) is 17.0 Å². The Balaban J connectivity index is 2.06. The van der Waals surface area contributed by atoms with E-state index in [4.69, 9.17) is 0 Å². The lowest BCUT2D eigenvalue weighted by Gasteiger charge is -2.08. The average Bonchev–Trinajstić information content (AvgIpc) is 2.67. The van der Waals surface area contributed by atoms with Crippen LogP contribution in [0.2, 0.25) is 0 Å². The zero-order valence-electron chi connectivity index (χ0n) is 14.1. The molecular formula is C18H15N5O3. The summed E-state index contributed by atoms with van der Waals surface area (Å²) in [7, 11) is 1.54. The van der Waals surface area contributed by atoms with Crippen LogP contribution in [-0.4, -0.2) is 33.1 Å². The number of nitro groups is 1. The number of aromatic nitrogens is 3. The van der Waals surface area contributed by atoms with Crippen molar-refractivity contribution in [1.29, 1.82) is 0 Å². The van der Waals surface area contributed by atoms with Crippen molar-refractivity contribution in [2.45, 2.75) is 6.92 Å². The topological polar surface area (TPSA) is 111 Å². The van der Waals surface area contributed by atoms with Crippen LogP contribution in [0.25, 0.3) is 22.4 Å². The summed E-state index contributed by atoms with van der Waals surface area (Å²) in [5.41, 5.74) is 3.75. The molecule has 130 valence electrons. The second-order valence-corrected chi connectivity index (χ2v) is 5.59. The molecule has 0 aliphatic carbocycles. The standard InChI is InChI=1S/C18H15N5O3/c1-11-3-4-14(23(25)26)9-15(11)16-8-13(10-21-22-16)12-5-6-20-17(7-12)18(24)19-2/h3-10H,1-2H3,(H,19,24). The van der Waals surface area contributed by atoms with Crippen molar-refractivity contribution in [2.75, 3.05) is 7.05 Å². The second kappa shape index (κ2) is 7.06. The predicted octanol–water partition coefficient (Wildman–Crippen LogP) is 2.78. The van der Waals surface area contributed by atoms with E-state index in [0.717, 1.165) is 16.7 Å². The van der Waals surface area contributed by atoms with Gasteiger partial charge in [0.05, 0.1) is 16.8 Å². The number of pyridine rings is 1. The van der Waals surface area contributed by atoms with Gasteiger partial charge in [-0.05, 0) is 36.2 Å². The van der Waals surface area contributed by atoms with E-state index < -0.39 is 4.92 Å². The van der Waals surface area contributed by atoms with Crippen LogP contribution in [0.1, 0.15) is 16.1 Å². The SMILES string of the molecule is CNC(=O)c1cc(-c2cnnc(-c3cc([N+](=O)[O-])ccc3C)c2)ccn1. The third-order valence-corrected chi connectivity index (χ3v) is 3.92. The van der Waals surface area contributed by atoms with E-state index in [2.05, 4.69) is 20.5 Å². The molecule has 0 spiro atoms. The summed E-state index contributed by atoms with van der Waals surface area (Å²) in [6.07, 6.45) is 3.11. The molecule has 0 fully saturated rings. The number of carbonyl (C=O) groups is 1. The second-order valence-electron chi connectivity index (χ2n) is 5.59. The molecular weight excluding hydrogens is 334 g/mol. The average molecular weight is 349 g/mol. The monoisotopic (exact) mass is 349 g/mol. The van der Waals surface area contributed by atoms with Gasteiger partial charge in [0.1, 0.15) is 5.69 Å². The van der Waals surface area contributed by atoms with Gasteiger partial charge in [-0.2, -0.15) is 10.2 Å². The molecule has 0 unspecified atom stereocenters. The fraction of sp³-hybridized carbons (Fsp3) is 0.111. The van der Waals surface area contributed by atoms with Gasteiger partial charge in [0.15, 0.2) is 0 Å². The van der Waals surface area contributed by atoms with E-state index in [1.54, 1.807) is 36.7 Å². The molecule has 0 bridgehead atoms. The Labute approximate surface area is 149 Å². The van der Waals surface area contributed by atoms with Gasteiger partial charge in [0.25, 0.3) is 11.6 Å². The van der Waals surface area contributed by atoms with Gasteiger partial charge >= 0.3 is 0 Å². The molecule has 1 aromatic carbocycles. The third kappa shape index (κ3) is 3.39. The number of hydrogen-bond acceptors (Lipinski definition) is 6. The molecule has 0 radical (unpaired) electrons. The summed E-state index contributed by atoms with van der Waals surface area (Å²) < 4.78 is 0. The predicted molar refractivity (Wildman–Crippen MR) is 95.5 cm³/mol. The van der Waals surface area contributed by atoms with Gasteiger partial charge < -0.3 is 5.32 Å². The van der Waals surface area contributed by atoms with Crippen LogP contribution >= 0.6 is 0 Å². The fourth-order valence-corrected chi connectivity index (χ4v) is 2.52. The highest BCUT2D eigenvalue weighted by Crippen LogP contribution is 2.28. The molecule has 0 aliphatic heterocycles. The molecule has 2 heterocycles. The Kier molecular flexibility index (Phi) is 4.66. The Bertz CT molecular complexity index is 1000. The van der Waals surface area contributed by atoms with Gasteiger partial charge in [-0.15, -0.1) is 0 Å². The molecule has 1 amide bonds. The van der Waals surface area contributed by atoms with Crippen molar-refractivity contribution < 1.29 is 9.72 Å². The maximum Gasteiger partial charge on any atom is 0.270 e. The first-order chi connectivity index (χ1) is 12.5. The van der Waals surface area contributed by atoms with Crippen LogP contribution in [-0.2, 0) is 0 Å². The first kappa shape index (κ1) is 17.2. The maximum absolute atomic E-state index is 11.8. The summed E-state index contributed by atoms with van der Waals surface area (Å²) in [4.78, 5) is 26.4. The molecule has 0 aliphatic rings. The van der Waals surface area contributed by atoms with E-state index in [1.807, 2.05) is 6.92 Å². The number of rotatable bonds is 4. The lowest BCUT2D eigenvalue weighted by Crippen LogP contribution is -2.19. The molecule has 3 rings (SSSR count). The number of nitro benzene ring substituents is 1. The summed E-state index contributed by atoms with van der Waals surface area (Å²) >= 11 is 0. The normalized spacial score (nSPS) is 10.4. The van der Waals surface area contributed by atoms with E-state index in [-0.39, 0.29) is 17.3 Å². The molecule has 0 saturated carbocycles. The van der Waals surface area contributed by atoms with Gasteiger partial charge in [-0.3, -0.25) is 19.9 Å². The van der Waals surface area contributed by atoms with Crippen molar-refractivity contribution in [2.24, 2.45) is 0 Å². The van der Waals surface area contributed by atoms with Gasteiger partial charge in [-0.25, -0.2) is 0 Å². The Morgan fingerprint density at radius 2 is 1.96 bits per heavy atom. The Morgan fingerprint density at radius 3 is 2.69 bits per heavy atom. The van der Waals surface area contributed by atoms with Gasteiger partial charge in [0, 0.05) is 36.5 Å². The highest BCUT2D eigenvalue weighted by atomic mass is 16.6.